The van der Waals surface area contributed by atoms with Crippen molar-refractivity contribution in [1.29, 1.82) is 0 Å². The number of anilines is 4. The van der Waals surface area contributed by atoms with Gasteiger partial charge in [-0.1, -0.05) is 35.1 Å². The Labute approximate surface area is 182 Å². The molecule has 0 aliphatic rings. The van der Waals surface area contributed by atoms with E-state index in [0.717, 1.165) is 5.56 Å². The summed E-state index contributed by atoms with van der Waals surface area (Å²) < 4.78 is 0. The van der Waals surface area contributed by atoms with Gasteiger partial charge in [-0.2, -0.15) is 0 Å². The smallest absolute Gasteiger partial charge is 0.267 e. The van der Waals surface area contributed by atoms with Crippen molar-refractivity contribution in [2.24, 2.45) is 0 Å². The molecule has 0 radical (unpaired) electrons. The number of carbonyl (C=O) groups is 2. The van der Waals surface area contributed by atoms with Gasteiger partial charge in [0.05, 0.1) is 16.9 Å². The van der Waals surface area contributed by atoms with E-state index >= 15 is 0 Å². The van der Waals surface area contributed by atoms with E-state index in [2.05, 4.69) is 36.2 Å². The molecule has 156 valence electrons. The number of carbonyl (C=O) groups excluding carboxylic acids is 2. The molecule has 4 N–H and O–H groups in total. The Balaban J connectivity index is 1.60. The van der Waals surface area contributed by atoms with E-state index < -0.39 is 0 Å². The zero-order valence-electron chi connectivity index (χ0n) is 16.3. The lowest BCUT2D eigenvalue weighted by Gasteiger charge is -2.09. The molecule has 2 heterocycles. The van der Waals surface area contributed by atoms with Crippen molar-refractivity contribution in [3.05, 3.63) is 52.3 Å². The number of hydrogen-bond acceptors (Lipinski definition) is 8. The molecule has 0 saturated heterocycles. The van der Waals surface area contributed by atoms with Gasteiger partial charge in [-0.15, -0.1) is 0 Å². The highest BCUT2D eigenvalue weighted by Crippen LogP contribution is 2.27. The fourth-order valence-electron chi connectivity index (χ4n) is 2.46. The van der Waals surface area contributed by atoms with Crippen LogP contribution in [-0.2, 0) is 4.79 Å². The van der Waals surface area contributed by atoms with E-state index in [1.165, 1.54) is 30.8 Å². The summed E-state index contributed by atoms with van der Waals surface area (Å²) in [5.74, 6) is 0.742. The van der Waals surface area contributed by atoms with Crippen molar-refractivity contribution in [2.75, 3.05) is 29.0 Å². The van der Waals surface area contributed by atoms with Crippen LogP contribution >= 0.6 is 22.9 Å². The van der Waals surface area contributed by atoms with Crippen LogP contribution in [0.2, 0.25) is 5.02 Å². The van der Waals surface area contributed by atoms with Gasteiger partial charge in [-0.3, -0.25) is 9.59 Å². The molecular formula is C19H20ClN7O2S. The number of aromatic nitrogens is 3. The summed E-state index contributed by atoms with van der Waals surface area (Å²) in [6, 6.07) is 7.13. The lowest BCUT2D eigenvalue weighted by atomic mass is 10.2. The van der Waals surface area contributed by atoms with Gasteiger partial charge in [0.25, 0.3) is 5.91 Å². The number of halogens is 1. The van der Waals surface area contributed by atoms with Crippen molar-refractivity contribution < 1.29 is 9.59 Å². The summed E-state index contributed by atoms with van der Waals surface area (Å²) in [7, 11) is 0. The molecule has 2 amide bonds. The quantitative estimate of drug-likeness (QED) is 0.392. The van der Waals surface area contributed by atoms with Crippen LogP contribution in [0.4, 0.5) is 22.5 Å². The average Bonchev–Trinajstić information content (AvgIpc) is 3.17. The number of para-hydroxylation sites is 1. The van der Waals surface area contributed by atoms with Gasteiger partial charge in [0.15, 0.2) is 5.13 Å². The maximum Gasteiger partial charge on any atom is 0.267 e. The largest absolute Gasteiger partial charge is 0.368 e. The molecule has 0 aliphatic heterocycles. The first kappa shape index (κ1) is 21.5. The summed E-state index contributed by atoms with van der Waals surface area (Å²) in [6.45, 7) is 4.35. The molecule has 2 aromatic heterocycles. The summed E-state index contributed by atoms with van der Waals surface area (Å²) in [5, 5.41) is 12.7. The van der Waals surface area contributed by atoms with Crippen LogP contribution in [0.1, 0.15) is 22.2 Å². The van der Waals surface area contributed by atoms with Crippen LogP contribution in [0.15, 0.2) is 36.8 Å². The molecule has 3 aromatic rings. The van der Waals surface area contributed by atoms with Gasteiger partial charge in [0, 0.05) is 26.1 Å². The van der Waals surface area contributed by atoms with Crippen molar-refractivity contribution in [3.8, 4) is 0 Å². The first-order valence-corrected chi connectivity index (χ1v) is 10.2. The number of amides is 2. The highest BCUT2D eigenvalue weighted by molar-refractivity contribution is 7.17. The second kappa shape index (κ2) is 9.99. The lowest BCUT2D eigenvalue weighted by Crippen LogP contribution is -2.26. The minimum Gasteiger partial charge on any atom is -0.368 e. The molecule has 0 fully saturated rings. The lowest BCUT2D eigenvalue weighted by molar-refractivity contribution is -0.118. The van der Waals surface area contributed by atoms with E-state index in [-0.39, 0.29) is 11.8 Å². The Morgan fingerprint density at radius 3 is 2.70 bits per heavy atom. The van der Waals surface area contributed by atoms with E-state index in [1.807, 2.05) is 19.1 Å². The first-order valence-electron chi connectivity index (χ1n) is 9.02. The number of thiazole rings is 1. The molecule has 0 spiro atoms. The van der Waals surface area contributed by atoms with Gasteiger partial charge in [-0.05, 0) is 18.6 Å². The number of rotatable bonds is 8. The monoisotopic (exact) mass is 445 g/mol. The topological polar surface area (TPSA) is 121 Å². The molecule has 0 unspecified atom stereocenters. The third kappa shape index (κ3) is 5.88. The second-order valence-corrected chi connectivity index (χ2v) is 7.68. The van der Waals surface area contributed by atoms with Crippen LogP contribution in [0.25, 0.3) is 0 Å². The fourth-order valence-corrected chi connectivity index (χ4v) is 3.45. The highest BCUT2D eigenvalue weighted by Gasteiger charge is 2.14. The molecule has 0 saturated carbocycles. The summed E-state index contributed by atoms with van der Waals surface area (Å²) in [6.07, 6.45) is 2.90. The minimum atomic E-state index is -0.292. The van der Waals surface area contributed by atoms with Crippen molar-refractivity contribution in [3.63, 3.8) is 0 Å². The van der Waals surface area contributed by atoms with Crippen LogP contribution < -0.4 is 21.3 Å². The van der Waals surface area contributed by atoms with Gasteiger partial charge in [-0.25, -0.2) is 15.0 Å². The maximum absolute atomic E-state index is 12.5. The molecule has 30 heavy (non-hydrogen) atoms. The zero-order chi connectivity index (χ0) is 21.5. The number of aryl methyl sites for hydroxylation is 1. The third-order valence-corrected chi connectivity index (χ3v) is 5.12. The molecule has 0 aliphatic carbocycles. The minimum absolute atomic E-state index is 0.0878. The molecule has 11 heteroatoms. The third-order valence-electron chi connectivity index (χ3n) is 3.90. The molecule has 9 nitrogen and oxygen atoms in total. The van der Waals surface area contributed by atoms with E-state index in [4.69, 9.17) is 11.6 Å². The molecular weight excluding hydrogens is 426 g/mol. The van der Waals surface area contributed by atoms with Crippen molar-refractivity contribution in [2.45, 2.75) is 13.8 Å². The summed E-state index contributed by atoms with van der Waals surface area (Å²) in [5.41, 5.74) is 1.45. The van der Waals surface area contributed by atoms with Gasteiger partial charge in [0.2, 0.25) is 5.91 Å². The molecule has 1 aromatic carbocycles. The predicted molar refractivity (Wildman–Crippen MR) is 119 cm³/mol. The number of benzene rings is 1. The van der Waals surface area contributed by atoms with Gasteiger partial charge >= 0.3 is 0 Å². The van der Waals surface area contributed by atoms with Crippen LogP contribution in [0.3, 0.4) is 0 Å². The molecule has 0 atom stereocenters. The zero-order valence-corrected chi connectivity index (χ0v) is 17.9. The average molecular weight is 446 g/mol. The fraction of sp³-hybridized carbons (Fsp3) is 0.211. The number of nitrogens with one attached hydrogen (secondary N) is 4. The number of nitrogens with zero attached hydrogens (tertiary/aromatic N) is 3. The van der Waals surface area contributed by atoms with E-state index in [1.54, 1.807) is 12.1 Å². The second-order valence-electron chi connectivity index (χ2n) is 6.24. The molecule has 3 rings (SSSR count). The van der Waals surface area contributed by atoms with Crippen molar-refractivity contribution >= 4 is 57.2 Å². The standard InChI is InChI=1S/C19H20ClN7O2S/c1-11-4-3-5-13(20)17(11)27-18(29)14-9-23-19(30-14)26-16-8-15(24-10-25-16)22-7-6-21-12(2)28/h3-5,8-10H,6-7H2,1-2H3,(H,21,28)(H,27,29)(H2,22,23,24,25,26). The SMILES string of the molecule is CC(=O)NCCNc1cc(Nc2ncc(C(=O)Nc3c(C)cccc3Cl)s2)ncn1. The Morgan fingerprint density at radius 1 is 1.13 bits per heavy atom. The number of hydrogen-bond donors (Lipinski definition) is 4. The van der Waals surface area contributed by atoms with Crippen LogP contribution in [0.5, 0.6) is 0 Å². The first-order chi connectivity index (χ1) is 14.4. The van der Waals surface area contributed by atoms with Gasteiger partial charge in [0.1, 0.15) is 22.8 Å². The van der Waals surface area contributed by atoms with Crippen LogP contribution in [0, 0.1) is 6.92 Å². The van der Waals surface area contributed by atoms with Crippen LogP contribution in [-0.4, -0.2) is 39.9 Å². The Morgan fingerprint density at radius 2 is 1.93 bits per heavy atom. The Bertz CT molecular complexity index is 1040. The predicted octanol–water partition coefficient (Wildman–Crippen LogP) is 3.44. The van der Waals surface area contributed by atoms with E-state index in [9.17, 15) is 9.59 Å². The Kier molecular flexibility index (Phi) is 7.15. The molecule has 0 bridgehead atoms. The maximum atomic E-state index is 12.5. The highest BCUT2D eigenvalue weighted by atomic mass is 35.5. The Hall–Kier alpha value is -3.24. The summed E-state index contributed by atoms with van der Waals surface area (Å²) in [4.78, 5) is 36.4. The van der Waals surface area contributed by atoms with Crippen molar-refractivity contribution in [1.82, 2.24) is 20.3 Å². The van der Waals surface area contributed by atoms with Gasteiger partial charge < -0.3 is 21.3 Å². The summed E-state index contributed by atoms with van der Waals surface area (Å²) >= 11 is 7.36. The normalized spacial score (nSPS) is 10.4. The van der Waals surface area contributed by atoms with E-state index in [0.29, 0.717) is 45.4 Å².